The highest BCUT2D eigenvalue weighted by atomic mass is 16.6. The largest absolute Gasteiger partial charge is 0.444 e. The van der Waals surface area contributed by atoms with Crippen LogP contribution in [0.1, 0.15) is 79.8 Å². The van der Waals surface area contributed by atoms with E-state index in [4.69, 9.17) is 9.47 Å². The van der Waals surface area contributed by atoms with Crippen LogP contribution in [-0.4, -0.2) is 45.9 Å². The normalized spacial score (nSPS) is 17.4. The molecule has 0 aromatic carbocycles. The SMILES string of the molecule is CC(C)N(C(=O)OC(C)(C)C)c1ccc([C@H]2CCCN2C(=O)OC(C)(C)C)cn1. The molecule has 7 nitrogen and oxygen atoms in total. The van der Waals surface area contributed by atoms with Crippen LogP contribution in [0.2, 0.25) is 0 Å². The zero-order valence-electron chi connectivity index (χ0n) is 19.0. The Bertz CT molecular complexity index is 717. The number of carbonyl (C=O) groups excluding carboxylic acids is 2. The second-order valence-corrected chi connectivity index (χ2v) is 9.73. The Hall–Kier alpha value is -2.31. The molecule has 162 valence electrons. The van der Waals surface area contributed by atoms with Crippen molar-refractivity contribution in [3.63, 3.8) is 0 Å². The summed E-state index contributed by atoms with van der Waals surface area (Å²) in [4.78, 5) is 33.0. The van der Waals surface area contributed by atoms with Crippen LogP contribution in [0, 0.1) is 0 Å². The number of likely N-dealkylation sites (tertiary alicyclic amines) is 1. The minimum Gasteiger partial charge on any atom is -0.444 e. The van der Waals surface area contributed by atoms with Crippen molar-refractivity contribution < 1.29 is 19.1 Å². The van der Waals surface area contributed by atoms with E-state index < -0.39 is 17.3 Å². The molecule has 1 aromatic heterocycles. The lowest BCUT2D eigenvalue weighted by atomic mass is 10.1. The number of rotatable bonds is 3. The number of pyridine rings is 1. The van der Waals surface area contributed by atoms with E-state index in [0.717, 1.165) is 18.4 Å². The zero-order valence-corrected chi connectivity index (χ0v) is 19.0. The number of hydrogen-bond acceptors (Lipinski definition) is 5. The summed E-state index contributed by atoms with van der Waals surface area (Å²) in [6.07, 6.45) is 2.79. The highest BCUT2D eigenvalue weighted by Crippen LogP contribution is 2.33. The Labute approximate surface area is 174 Å². The van der Waals surface area contributed by atoms with E-state index in [-0.39, 0.29) is 18.2 Å². The van der Waals surface area contributed by atoms with Gasteiger partial charge >= 0.3 is 12.2 Å². The van der Waals surface area contributed by atoms with Crippen LogP contribution in [0.4, 0.5) is 15.4 Å². The Kier molecular flexibility index (Phi) is 6.81. The van der Waals surface area contributed by atoms with Gasteiger partial charge in [-0.05, 0) is 79.9 Å². The predicted molar refractivity (Wildman–Crippen MR) is 113 cm³/mol. The van der Waals surface area contributed by atoms with E-state index >= 15 is 0 Å². The van der Waals surface area contributed by atoms with Gasteiger partial charge < -0.3 is 14.4 Å². The standard InChI is InChI=1S/C22H35N3O4/c1-15(2)25(20(27)29-22(6,7)8)18-12-11-16(14-23-18)17-10-9-13-24(17)19(26)28-21(3,4)5/h11-12,14-15,17H,9-10,13H2,1-8H3/t17-/m1/s1. The molecule has 0 radical (unpaired) electrons. The van der Waals surface area contributed by atoms with Gasteiger partial charge in [0.25, 0.3) is 0 Å². The molecule has 2 rings (SSSR count). The number of anilines is 1. The van der Waals surface area contributed by atoms with Crippen molar-refractivity contribution in [1.82, 2.24) is 9.88 Å². The van der Waals surface area contributed by atoms with E-state index in [1.165, 1.54) is 4.90 Å². The lowest BCUT2D eigenvalue weighted by Crippen LogP contribution is -2.41. The monoisotopic (exact) mass is 405 g/mol. The predicted octanol–water partition coefficient (Wildman–Crippen LogP) is 5.30. The number of amides is 2. The average Bonchev–Trinajstić information content (AvgIpc) is 3.01. The van der Waals surface area contributed by atoms with Gasteiger partial charge in [-0.1, -0.05) is 6.07 Å². The molecule has 1 saturated heterocycles. The molecular formula is C22H35N3O4. The third kappa shape index (κ3) is 6.34. The van der Waals surface area contributed by atoms with Gasteiger partial charge in [-0.3, -0.25) is 4.90 Å². The molecule has 29 heavy (non-hydrogen) atoms. The highest BCUT2D eigenvalue weighted by Gasteiger charge is 2.34. The third-order valence-corrected chi connectivity index (χ3v) is 4.39. The maximum absolute atomic E-state index is 12.6. The minimum atomic E-state index is -0.581. The molecule has 1 aromatic rings. The first-order valence-electron chi connectivity index (χ1n) is 10.3. The molecule has 0 unspecified atom stereocenters. The van der Waals surface area contributed by atoms with E-state index in [9.17, 15) is 9.59 Å². The van der Waals surface area contributed by atoms with Crippen LogP contribution in [-0.2, 0) is 9.47 Å². The van der Waals surface area contributed by atoms with E-state index in [0.29, 0.717) is 12.4 Å². The summed E-state index contributed by atoms with van der Waals surface area (Å²) in [5, 5.41) is 0. The van der Waals surface area contributed by atoms with Gasteiger partial charge in [-0.15, -0.1) is 0 Å². The molecule has 0 bridgehead atoms. The van der Waals surface area contributed by atoms with Crippen molar-refractivity contribution in [2.45, 2.75) is 91.5 Å². The zero-order chi connectivity index (χ0) is 22.0. The summed E-state index contributed by atoms with van der Waals surface area (Å²) in [6.45, 7) is 15.6. The second-order valence-electron chi connectivity index (χ2n) is 9.73. The molecule has 0 spiro atoms. The Morgan fingerprint density at radius 1 is 1.10 bits per heavy atom. The van der Waals surface area contributed by atoms with Crippen molar-refractivity contribution in [2.24, 2.45) is 0 Å². The summed E-state index contributed by atoms with van der Waals surface area (Å²) in [6, 6.07) is 3.56. The lowest BCUT2D eigenvalue weighted by Gasteiger charge is -2.30. The summed E-state index contributed by atoms with van der Waals surface area (Å²) < 4.78 is 11.1. The summed E-state index contributed by atoms with van der Waals surface area (Å²) >= 11 is 0. The van der Waals surface area contributed by atoms with E-state index in [2.05, 4.69) is 4.98 Å². The first kappa shape index (κ1) is 23.0. The van der Waals surface area contributed by atoms with Crippen molar-refractivity contribution in [3.8, 4) is 0 Å². The lowest BCUT2D eigenvalue weighted by molar-refractivity contribution is 0.0224. The van der Waals surface area contributed by atoms with Gasteiger partial charge in [-0.25, -0.2) is 14.6 Å². The quantitative estimate of drug-likeness (QED) is 0.682. The Morgan fingerprint density at radius 2 is 1.72 bits per heavy atom. The average molecular weight is 406 g/mol. The van der Waals surface area contributed by atoms with Crippen LogP contribution in [0.25, 0.3) is 0 Å². The number of aromatic nitrogens is 1. The fourth-order valence-corrected chi connectivity index (χ4v) is 3.27. The molecule has 1 fully saturated rings. The van der Waals surface area contributed by atoms with Gasteiger partial charge in [-0.2, -0.15) is 0 Å². The van der Waals surface area contributed by atoms with Gasteiger partial charge in [0.15, 0.2) is 0 Å². The van der Waals surface area contributed by atoms with Crippen LogP contribution in [0.5, 0.6) is 0 Å². The van der Waals surface area contributed by atoms with Gasteiger partial charge in [0.05, 0.1) is 6.04 Å². The smallest absolute Gasteiger partial charge is 0.416 e. The Balaban J connectivity index is 2.19. The van der Waals surface area contributed by atoms with Gasteiger partial charge in [0.2, 0.25) is 0 Å². The van der Waals surface area contributed by atoms with Crippen LogP contribution < -0.4 is 4.90 Å². The number of carbonyl (C=O) groups is 2. The molecule has 7 heteroatoms. The van der Waals surface area contributed by atoms with Crippen molar-refractivity contribution in [2.75, 3.05) is 11.4 Å². The molecule has 1 atom stereocenters. The van der Waals surface area contributed by atoms with E-state index in [1.807, 2.05) is 67.5 Å². The molecule has 2 heterocycles. The van der Waals surface area contributed by atoms with Crippen LogP contribution in [0.15, 0.2) is 18.3 Å². The fraction of sp³-hybridized carbons (Fsp3) is 0.682. The van der Waals surface area contributed by atoms with Crippen LogP contribution >= 0.6 is 0 Å². The first-order valence-corrected chi connectivity index (χ1v) is 10.3. The molecule has 0 aliphatic carbocycles. The molecule has 1 aliphatic heterocycles. The summed E-state index contributed by atoms with van der Waals surface area (Å²) in [5.74, 6) is 0.528. The topological polar surface area (TPSA) is 72.0 Å². The van der Waals surface area contributed by atoms with E-state index in [1.54, 1.807) is 11.1 Å². The summed E-state index contributed by atoms with van der Waals surface area (Å²) in [5.41, 5.74) is -0.176. The summed E-state index contributed by atoms with van der Waals surface area (Å²) in [7, 11) is 0. The minimum absolute atomic E-state index is 0.0690. The van der Waals surface area contributed by atoms with Crippen molar-refractivity contribution in [3.05, 3.63) is 23.9 Å². The third-order valence-electron chi connectivity index (χ3n) is 4.39. The van der Waals surface area contributed by atoms with Crippen molar-refractivity contribution in [1.29, 1.82) is 0 Å². The molecular weight excluding hydrogens is 370 g/mol. The number of hydrogen-bond donors (Lipinski definition) is 0. The second kappa shape index (κ2) is 8.59. The van der Waals surface area contributed by atoms with Gasteiger partial charge in [0, 0.05) is 18.8 Å². The van der Waals surface area contributed by atoms with Crippen LogP contribution in [0.3, 0.4) is 0 Å². The number of nitrogens with zero attached hydrogens (tertiary/aromatic N) is 3. The van der Waals surface area contributed by atoms with Crippen molar-refractivity contribution >= 4 is 18.0 Å². The first-order chi connectivity index (χ1) is 13.3. The highest BCUT2D eigenvalue weighted by molar-refractivity contribution is 5.87. The molecule has 0 N–H and O–H groups in total. The molecule has 0 saturated carbocycles. The number of ether oxygens (including phenoxy) is 2. The molecule has 2 amide bonds. The Morgan fingerprint density at radius 3 is 2.21 bits per heavy atom. The molecule has 1 aliphatic rings. The fourth-order valence-electron chi connectivity index (χ4n) is 3.27. The maximum atomic E-state index is 12.6. The van der Waals surface area contributed by atoms with Gasteiger partial charge in [0.1, 0.15) is 17.0 Å². The maximum Gasteiger partial charge on any atom is 0.416 e.